The molecule has 1 heterocycles. The van der Waals surface area contributed by atoms with Crippen molar-refractivity contribution < 1.29 is 9.26 Å². The Morgan fingerprint density at radius 2 is 2.24 bits per heavy atom. The molecule has 0 aliphatic heterocycles. The molecule has 2 fully saturated rings. The first-order valence-corrected chi connectivity index (χ1v) is 7.59. The van der Waals surface area contributed by atoms with Crippen LogP contribution >= 0.6 is 0 Å². The van der Waals surface area contributed by atoms with Crippen LogP contribution in [-0.4, -0.2) is 10.1 Å². The summed E-state index contributed by atoms with van der Waals surface area (Å²) in [5.74, 6) is 4.26. The lowest BCUT2D eigenvalue weighted by Gasteiger charge is -2.17. The SMILES string of the molecule is Nc1cccc(OCc2nc(C3CC4CCC3C4)no2)c1. The highest BCUT2D eigenvalue weighted by molar-refractivity contribution is 5.43. The highest BCUT2D eigenvalue weighted by atomic mass is 16.5. The molecule has 2 N–H and O–H groups in total. The summed E-state index contributed by atoms with van der Waals surface area (Å²) in [6.45, 7) is 0.289. The van der Waals surface area contributed by atoms with E-state index in [2.05, 4.69) is 10.1 Å². The van der Waals surface area contributed by atoms with Crippen LogP contribution in [0.4, 0.5) is 5.69 Å². The Hall–Kier alpha value is -2.04. The van der Waals surface area contributed by atoms with Crippen molar-refractivity contribution in [2.45, 2.75) is 38.2 Å². The molecule has 0 radical (unpaired) electrons. The van der Waals surface area contributed by atoms with Crippen LogP contribution in [0.2, 0.25) is 0 Å². The smallest absolute Gasteiger partial charge is 0.264 e. The van der Waals surface area contributed by atoms with Crippen LogP contribution in [-0.2, 0) is 6.61 Å². The fraction of sp³-hybridized carbons (Fsp3) is 0.500. The van der Waals surface area contributed by atoms with E-state index in [1.54, 1.807) is 6.07 Å². The second kappa shape index (κ2) is 5.06. The summed E-state index contributed by atoms with van der Waals surface area (Å²) in [7, 11) is 0. The van der Waals surface area contributed by atoms with Gasteiger partial charge in [-0.15, -0.1) is 0 Å². The quantitative estimate of drug-likeness (QED) is 0.873. The molecule has 2 bridgehead atoms. The molecule has 110 valence electrons. The number of anilines is 1. The lowest BCUT2D eigenvalue weighted by molar-refractivity contribution is 0.242. The first kappa shape index (κ1) is 12.7. The second-order valence-electron chi connectivity index (χ2n) is 6.19. The molecular formula is C16H19N3O2. The van der Waals surface area contributed by atoms with Gasteiger partial charge in [0, 0.05) is 17.7 Å². The average Bonchev–Trinajstić information content (AvgIpc) is 3.21. The van der Waals surface area contributed by atoms with E-state index in [1.165, 1.54) is 25.7 Å². The number of aromatic nitrogens is 2. The molecule has 2 aliphatic carbocycles. The Bertz CT molecular complexity index is 640. The number of nitrogen functional groups attached to an aromatic ring is 1. The average molecular weight is 285 g/mol. The van der Waals surface area contributed by atoms with Crippen LogP contribution in [0.25, 0.3) is 0 Å². The largest absolute Gasteiger partial charge is 0.484 e. The number of ether oxygens (including phenoxy) is 1. The maximum absolute atomic E-state index is 5.72. The van der Waals surface area contributed by atoms with Crippen molar-refractivity contribution in [3.8, 4) is 5.75 Å². The Morgan fingerprint density at radius 3 is 3.00 bits per heavy atom. The number of hydrogen-bond acceptors (Lipinski definition) is 5. The number of fused-ring (bicyclic) bond motifs is 2. The molecule has 5 nitrogen and oxygen atoms in total. The third kappa shape index (κ3) is 2.48. The molecule has 2 aliphatic rings. The summed E-state index contributed by atoms with van der Waals surface area (Å²) in [4.78, 5) is 4.51. The second-order valence-corrected chi connectivity index (χ2v) is 6.19. The van der Waals surface area contributed by atoms with Crippen molar-refractivity contribution >= 4 is 5.69 Å². The van der Waals surface area contributed by atoms with E-state index in [1.807, 2.05) is 18.2 Å². The normalized spacial score (nSPS) is 27.1. The summed E-state index contributed by atoms with van der Waals surface area (Å²) >= 11 is 0. The van der Waals surface area contributed by atoms with Crippen molar-refractivity contribution in [3.63, 3.8) is 0 Å². The summed E-state index contributed by atoms with van der Waals surface area (Å²) in [5, 5.41) is 4.16. The van der Waals surface area contributed by atoms with Gasteiger partial charge in [-0.05, 0) is 43.2 Å². The molecule has 0 amide bonds. The third-order valence-electron chi connectivity index (χ3n) is 4.77. The maximum atomic E-state index is 5.72. The fourth-order valence-electron chi connectivity index (χ4n) is 3.79. The van der Waals surface area contributed by atoms with Crippen molar-refractivity contribution in [2.24, 2.45) is 11.8 Å². The van der Waals surface area contributed by atoms with E-state index >= 15 is 0 Å². The van der Waals surface area contributed by atoms with Gasteiger partial charge in [-0.2, -0.15) is 4.98 Å². The zero-order valence-corrected chi connectivity index (χ0v) is 11.9. The Kier molecular flexibility index (Phi) is 3.05. The van der Waals surface area contributed by atoms with Gasteiger partial charge < -0.3 is 15.0 Å². The molecule has 1 aromatic heterocycles. The predicted octanol–water partition coefficient (Wildman–Crippen LogP) is 3.13. The molecule has 3 unspecified atom stereocenters. The topological polar surface area (TPSA) is 74.2 Å². The highest BCUT2D eigenvalue weighted by Gasteiger charge is 2.42. The fourth-order valence-corrected chi connectivity index (χ4v) is 3.79. The van der Waals surface area contributed by atoms with Crippen LogP contribution in [0.15, 0.2) is 28.8 Å². The van der Waals surface area contributed by atoms with Crippen LogP contribution < -0.4 is 10.5 Å². The first-order chi connectivity index (χ1) is 10.3. The van der Waals surface area contributed by atoms with Crippen molar-refractivity contribution in [2.75, 3.05) is 5.73 Å². The van der Waals surface area contributed by atoms with Crippen LogP contribution in [0, 0.1) is 11.8 Å². The molecule has 21 heavy (non-hydrogen) atoms. The summed E-state index contributed by atoms with van der Waals surface area (Å²) in [6.07, 6.45) is 5.26. The van der Waals surface area contributed by atoms with E-state index in [-0.39, 0.29) is 6.61 Å². The van der Waals surface area contributed by atoms with Gasteiger partial charge in [0.15, 0.2) is 12.4 Å². The lowest BCUT2D eigenvalue weighted by Crippen LogP contribution is -2.10. The minimum Gasteiger partial charge on any atom is -0.484 e. The van der Waals surface area contributed by atoms with Crippen LogP contribution in [0.1, 0.15) is 43.3 Å². The number of nitrogens with two attached hydrogens (primary N) is 1. The lowest BCUT2D eigenvalue weighted by atomic mass is 9.88. The molecule has 3 atom stereocenters. The minimum absolute atomic E-state index is 0.289. The maximum Gasteiger partial charge on any atom is 0.264 e. The molecule has 0 saturated heterocycles. The van der Waals surface area contributed by atoms with Gasteiger partial charge in [-0.1, -0.05) is 17.6 Å². The van der Waals surface area contributed by atoms with Crippen molar-refractivity contribution in [3.05, 3.63) is 36.0 Å². The van der Waals surface area contributed by atoms with E-state index in [0.717, 1.165) is 23.4 Å². The third-order valence-corrected chi connectivity index (χ3v) is 4.77. The Labute approximate surface area is 123 Å². The summed E-state index contributed by atoms with van der Waals surface area (Å²) in [5.41, 5.74) is 6.40. The minimum atomic E-state index is 0.289. The molecule has 2 aromatic rings. The molecular weight excluding hydrogens is 266 g/mol. The monoisotopic (exact) mass is 285 g/mol. The van der Waals surface area contributed by atoms with Gasteiger partial charge in [-0.25, -0.2) is 0 Å². The van der Waals surface area contributed by atoms with Gasteiger partial charge in [0.2, 0.25) is 0 Å². The molecule has 4 rings (SSSR count). The Morgan fingerprint density at radius 1 is 1.29 bits per heavy atom. The number of hydrogen-bond donors (Lipinski definition) is 1. The molecule has 2 saturated carbocycles. The Balaban J connectivity index is 1.41. The van der Waals surface area contributed by atoms with Gasteiger partial charge in [0.1, 0.15) is 5.75 Å². The van der Waals surface area contributed by atoms with E-state index < -0.39 is 0 Å². The zero-order chi connectivity index (χ0) is 14.2. The van der Waals surface area contributed by atoms with Crippen LogP contribution in [0.5, 0.6) is 5.75 Å². The van der Waals surface area contributed by atoms with E-state index in [0.29, 0.717) is 17.5 Å². The van der Waals surface area contributed by atoms with Crippen molar-refractivity contribution in [1.82, 2.24) is 10.1 Å². The van der Waals surface area contributed by atoms with Gasteiger partial charge in [0.25, 0.3) is 5.89 Å². The standard InChI is InChI=1S/C16H19N3O2/c17-12-2-1-3-13(8-12)20-9-15-18-16(19-21-15)14-7-10-4-5-11(14)6-10/h1-3,8,10-11,14H,4-7,9,17H2. The predicted molar refractivity (Wildman–Crippen MR) is 77.7 cm³/mol. The van der Waals surface area contributed by atoms with Crippen LogP contribution in [0.3, 0.4) is 0 Å². The summed E-state index contributed by atoms with van der Waals surface area (Å²) < 4.78 is 11.0. The molecule has 5 heteroatoms. The van der Waals surface area contributed by atoms with Gasteiger partial charge >= 0.3 is 0 Å². The highest BCUT2D eigenvalue weighted by Crippen LogP contribution is 2.52. The van der Waals surface area contributed by atoms with E-state index in [4.69, 9.17) is 15.0 Å². The number of nitrogens with zero attached hydrogens (tertiary/aromatic N) is 2. The van der Waals surface area contributed by atoms with Crippen molar-refractivity contribution in [1.29, 1.82) is 0 Å². The first-order valence-electron chi connectivity index (χ1n) is 7.59. The molecule has 1 aromatic carbocycles. The van der Waals surface area contributed by atoms with E-state index in [9.17, 15) is 0 Å². The van der Waals surface area contributed by atoms with Gasteiger partial charge in [-0.3, -0.25) is 0 Å². The van der Waals surface area contributed by atoms with Gasteiger partial charge in [0.05, 0.1) is 0 Å². The zero-order valence-electron chi connectivity index (χ0n) is 11.9. The number of rotatable bonds is 4. The molecule has 0 spiro atoms. The summed E-state index contributed by atoms with van der Waals surface area (Å²) in [6, 6.07) is 7.34. The number of benzene rings is 1.